The number of amides is 4. The minimum Gasteiger partial charge on any atom is -0.375 e. The largest absolute Gasteiger partial charge is 0.375 e. The summed E-state index contributed by atoms with van der Waals surface area (Å²) in [6, 6.07) is 19.1. The SMILES string of the molecule is CCCN(C(=O)NCc1ccc(Cl)c(Cl)c1)N1CC(=O)N2[C@@H](c3ccccc3)C(=O)N(Cc3cccc4sc(N)nc34)C[C@@H]21. The molecule has 0 spiro atoms. The Morgan fingerprint density at radius 3 is 2.64 bits per heavy atom. The summed E-state index contributed by atoms with van der Waals surface area (Å²) in [5, 5.41) is 7.62. The van der Waals surface area contributed by atoms with Gasteiger partial charge in [0.05, 0.1) is 33.4 Å². The van der Waals surface area contributed by atoms with Crippen molar-refractivity contribution in [1.29, 1.82) is 0 Å². The predicted molar refractivity (Wildman–Crippen MR) is 172 cm³/mol. The van der Waals surface area contributed by atoms with Crippen molar-refractivity contribution in [2.45, 2.75) is 38.6 Å². The van der Waals surface area contributed by atoms with Crippen molar-refractivity contribution in [3.05, 3.63) is 93.5 Å². The van der Waals surface area contributed by atoms with E-state index in [1.165, 1.54) is 11.3 Å². The molecule has 2 atom stereocenters. The highest BCUT2D eigenvalue weighted by Gasteiger charge is 2.52. The lowest BCUT2D eigenvalue weighted by atomic mass is 10.00. The maximum Gasteiger partial charge on any atom is 0.332 e. The molecule has 2 aliphatic heterocycles. The molecule has 4 amide bonds. The number of thiazole rings is 1. The quantitative estimate of drug-likeness (QED) is 0.268. The molecule has 3 heterocycles. The number of para-hydroxylation sites is 1. The Labute approximate surface area is 268 Å². The Balaban J connectivity index is 1.31. The molecule has 13 heteroatoms. The summed E-state index contributed by atoms with van der Waals surface area (Å²) in [6.45, 7) is 3.04. The van der Waals surface area contributed by atoms with Gasteiger partial charge >= 0.3 is 6.03 Å². The maximum atomic E-state index is 14.2. The number of hydrazine groups is 1. The molecule has 0 bridgehead atoms. The summed E-state index contributed by atoms with van der Waals surface area (Å²) < 4.78 is 0.941. The van der Waals surface area contributed by atoms with Gasteiger partial charge in [-0.05, 0) is 41.3 Å². The van der Waals surface area contributed by atoms with Crippen LogP contribution in [0.2, 0.25) is 10.0 Å². The number of hydrogen-bond acceptors (Lipinski definition) is 7. The van der Waals surface area contributed by atoms with E-state index in [4.69, 9.17) is 28.9 Å². The molecule has 4 aromatic rings. The number of nitrogen functional groups attached to an aromatic ring is 1. The van der Waals surface area contributed by atoms with Gasteiger partial charge in [-0.1, -0.05) is 90.0 Å². The average Bonchev–Trinajstić information content (AvgIpc) is 3.56. The molecule has 44 heavy (non-hydrogen) atoms. The van der Waals surface area contributed by atoms with Gasteiger partial charge in [0, 0.05) is 19.6 Å². The minimum atomic E-state index is -0.838. The first-order valence-corrected chi connectivity index (χ1v) is 15.9. The van der Waals surface area contributed by atoms with Crippen molar-refractivity contribution < 1.29 is 14.4 Å². The number of aromatic nitrogens is 1. The molecule has 0 saturated carbocycles. The standard InChI is InChI=1S/C31H31Cl2N7O3S/c1-2-13-38(31(43)35-15-19-11-12-22(32)23(33)14-19)39-18-26(41)40-25(39)17-37(29(42)28(40)20-7-4-3-5-8-20)16-21-9-6-10-24-27(21)36-30(34)44-24/h3-12,14,25,28H,2,13,15-18H2,1H3,(H2,34,36)(H,35,43)/t25-,28+/m1/s1. The highest BCUT2D eigenvalue weighted by molar-refractivity contribution is 7.22. The van der Waals surface area contributed by atoms with E-state index in [1.807, 2.05) is 55.5 Å². The normalized spacial score (nSPS) is 18.6. The molecule has 1 aromatic heterocycles. The van der Waals surface area contributed by atoms with Gasteiger partial charge in [-0.25, -0.2) is 9.78 Å². The third kappa shape index (κ3) is 5.80. The third-order valence-corrected chi connectivity index (χ3v) is 9.45. The van der Waals surface area contributed by atoms with E-state index in [0.29, 0.717) is 33.7 Å². The Bertz CT molecular complexity index is 1720. The molecule has 6 rings (SSSR count). The summed E-state index contributed by atoms with van der Waals surface area (Å²) in [5.74, 6) is -0.404. The van der Waals surface area contributed by atoms with Crippen LogP contribution in [-0.2, 0) is 22.7 Å². The third-order valence-electron chi connectivity index (χ3n) is 7.86. The minimum absolute atomic E-state index is 0.0342. The molecule has 228 valence electrons. The van der Waals surface area contributed by atoms with E-state index in [0.717, 1.165) is 21.3 Å². The Morgan fingerprint density at radius 1 is 1.09 bits per heavy atom. The van der Waals surface area contributed by atoms with Crippen LogP contribution >= 0.6 is 34.5 Å². The molecule has 3 N–H and O–H groups in total. The van der Waals surface area contributed by atoms with Gasteiger partial charge in [0.15, 0.2) is 5.13 Å². The smallest absolute Gasteiger partial charge is 0.332 e. The number of halogens is 2. The molecule has 2 aliphatic rings. The molecule has 10 nitrogen and oxygen atoms in total. The van der Waals surface area contributed by atoms with E-state index < -0.39 is 12.2 Å². The summed E-state index contributed by atoms with van der Waals surface area (Å²) >= 11 is 13.6. The monoisotopic (exact) mass is 651 g/mol. The Morgan fingerprint density at radius 2 is 1.89 bits per heavy atom. The van der Waals surface area contributed by atoms with E-state index in [-0.39, 0.29) is 44.0 Å². The van der Waals surface area contributed by atoms with Crippen molar-refractivity contribution in [2.24, 2.45) is 0 Å². The van der Waals surface area contributed by atoms with E-state index in [1.54, 1.807) is 38.0 Å². The van der Waals surface area contributed by atoms with Crippen LogP contribution in [0.3, 0.4) is 0 Å². The first-order valence-electron chi connectivity index (χ1n) is 14.3. The zero-order chi connectivity index (χ0) is 31.0. The number of anilines is 1. The zero-order valence-electron chi connectivity index (χ0n) is 24.0. The molecule has 0 aliphatic carbocycles. The molecule has 3 aromatic carbocycles. The van der Waals surface area contributed by atoms with Gasteiger partial charge in [0.2, 0.25) is 5.91 Å². The van der Waals surface area contributed by atoms with Crippen LogP contribution < -0.4 is 11.1 Å². The number of piperazine rings is 1. The first kappa shape index (κ1) is 30.1. The van der Waals surface area contributed by atoms with Crippen LogP contribution in [0.1, 0.15) is 36.1 Å². The van der Waals surface area contributed by atoms with Crippen LogP contribution in [-0.4, -0.2) is 68.4 Å². The number of urea groups is 1. The lowest BCUT2D eigenvalue weighted by molar-refractivity contribution is -0.158. The molecule has 2 fully saturated rings. The highest BCUT2D eigenvalue weighted by atomic mass is 35.5. The number of benzene rings is 3. The summed E-state index contributed by atoms with van der Waals surface area (Å²) in [6.07, 6.45) is 0.0997. The van der Waals surface area contributed by atoms with Crippen LogP contribution in [0.15, 0.2) is 66.7 Å². The highest BCUT2D eigenvalue weighted by Crippen LogP contribution is 2.37. The van der Waals surface area contributed by atoms with Gasteiger partial charge < -0.3 is 20.9 Å². The van der Waals surface area contributed by atoms with Gasteiger partial charge in [-0.2, -0.15) is 5.01 Å². The molecule has 0 radical (unpaired) electrons. The Hall–Kier alpha value is -3.90. The first-order chi connectivity index (χ1) is 21.2. The van der Waals surface area contributed by atoms with Gasteiger partial charge in [-0.3, -0.25) is 14.6 Å². The number of fused-ring (bicyclic) bond motifs is 2. The molecule has 2 saturated heterocycles. The lowest BCUT2D eigenvalue weighted by Gasteiger charge is -2.46. The van der Waals surface area contributed by atoms with Crippen molar-refractivity contribution in [3.63, 3.8) is 0 Å². The second-order valence-electron chi connectivity index (χ2n) is 10.8. The van der Waals surface area contributed by atoms with Crippen LogP contribution in [0.25, 0.3) is 10.2 Å². The predicted octanol–water partition coefficient (Wildman–Crippen LogP) is 5.28. The second kappa shape index (κ2) is 12.6. The Kier molecular flexibility index (Phi) is 8.64. The van der Waals surface area contributed by atoms with Crippen molar-refractivity contribution in [1.82, 2.24) is 30.1 Å². The lowest BCUT2D eigenvalue weighted by Crippen LogP contribution is -2.62. The summed E-state index contributed by atoms with van der Waals surface area (Å²) in [7, 11) is 0. The van der Waals surface area contributed by atoms with Crippen molar-refractivity contribution >= 4 is 67.7 Å². The number of hydrogen-bond donors (Lipinski definition) is 2. The van der Waals surface area contributed by atoms with E-state index in [2.05, 4.69) is 10.3 Å². The van der Waals surface area contributed by atoms with Gasteiger partial charge in [0.1, 0.15) is 12.2 Å². The average molecular weight is 653 g/mol. The number of nitrogens with zero attached hydrogens (tertiary/aromatic N) is 5. The second-order valence-corrected chi connectivity index (χ2v) is 12.6. The molecular weight excluding hydrogens is 621 g/mol. The fourth-order valence-corrected chi connectivity index (χ4v) is 6.98. The maximum absolute atomic E-state index is 14.2. The van der Waals surface area contributed by atoms with Gasteiger partial charge in [0.25, 0.3) is 5.91 Å². The topological polar surface area (TPSA) is 115 Å². The van der Waals surface area contributed by atoms with Crippen LogP contribution in [0.5, 0.6) is 0 Å². The number of carbonyl (C=O) groups is 3. The fraction of sp³-hybridized carbons (Fsp3) is 0.290. The van der Waals surface area contributed by atoms with Crippen molar-refractivity contribution in [2.75, 3.05) is 25.4 Å². The van der Waals surface area contributed by atoms with Crippen LogP contribution in [0, 0.1) is 0 Å². The van der Waals surface area contributed by atoms with E-state index >= 15 is 0 Å². The zero-order valence-corrected chi connectivity index (χ0v) is 26.3. The molecule has 0 unspecified atom stereocenters. The summed E-state index contributed by atoms with van der Waals surface area (Å²) in [4.78, 5) is 49.4. The molecular formula is C31H31Cl2N7O3S. The number of nitrogens with two attached hydrogens (primary N) is 1. The number of rotatable bonds is 8. The number of nitrogens with one attached hydrogen (secondary N) is 1. The fourth-order valence-electron chi connectivity index (χ4n) is 5.87. The van der Waals surface area contributed by atoms with E-state index in [9.17, 15) is 14.4 Å². The number of carbonyl (C=O) groups excluding carboxylic acids is 3. The van der Waals surface area contributed by atoms with Crippen molar-refractivity contribution in [3.8, 4) is 0 Å². The summed E-state index contributed by atoms with van der Waals surface area (Å²) in [5.41, 5.74) is 9.14. The van der Waals surface area contributed by atoms with Crippen LogP contribution in [0.4, 0.5) is 9.93 Å². The van der Waals surface area contributed by atoms with Gasteiger partial charge in [-0.15, -0.1) is 0 Å².